The molecule has 0 atom stereocenters. The van der Waals surface area contributed by atoms with Crippen LogP contribution in [0.1, 0.15) is 12.5 Å². The fourth-order valence-corrected chi connectivity index (χ4v) is 3.33. The molecule has 27 heavy (non-hydrogen) atoms. The van der Waals surface area contributed by atoms with Gasteiger partial charge in [-0.15, -0.1) is 4.40 Å². The Morgan fingerprint density at radius 2 is 1.67 bits per heavy atom. The van der Waals surface area contributed by atoms with Crippen molar-refractivity contribution < 1.29 is 17.9 Å². The molecule has 7 heteroatoms. The molecule has 0 bridgehead atoms. The van der Waals surface area contributed by atoms with E-state index >= 15 is 0 Å². The Bertz CT molecular complexity index is 917. The van der Waals surface area contributed by atoms with E-state index in [0.717, 1.165) is 11.1 Å². The highest BCUT2D eigenvalue weighted by molar-refractivity contribution is 7.90. The molecule has 0 aliphatic rings. The first-order valence-electron chi connectivity index (χ1n) is 8.28. The topological polar surface area (TPSA) is 68.2 Å². The molecule has 0 fully saturated rings. The second kappa shape index (κ2) is 8.73. The third-order valence-electron chi connectivity index (χ3n) is 3.74. The monoisotopic (exact) mass is 388 g/mol. The van der Waals surface area contributed by atoms with Crippen LogP contribution in [0.3, 0.4) is 0 Å². The van der Waals surface area contributed by atoms with Gasteiger partial charge in [0.1, 0.15) is 5.75 Å². The predicted molar refractivity (Wildman–Crippen MR) is 108 cm³/mol. The number of aryl methyl sites for hydroxylation is 1. The van der Waals surface area contributed by atoms with Gasteiger partial charge in [0.2, 0.25) is 0 Å². The fourth-order valence-electron chi connectivity index (χ4n) is 2.36. The lowest BCUT2D eigenvalue weighted by Gasteiger charge is -2.24. The zero-order valence-corrected chi connectivity index (χ0v) is 16.8. The first-order chi connectivity index (χ1) is 12.8. The molecule has 0 radical (unpaired) electrons. The highest BCUT2D eigenvalue weighted by atomic mass is 32.2. The molecule has 0 aliphatic heterocycles. The molecule has 0 heterocycles. The van der Waals surface area contributed by atoms with Crippen LogP contribution < -0.4 is 9.64 Å². The standard InChI is InChI=1S/C20H24N2O4S/c1-15(2)14-22(17-8-10-18(25-4)11-9-17)20(26-5)21-27(23,24)19-12-6-16(3)7-13-19/h6-13H,1,14H2,2-5H3/b21-20-. The molecule has 0 N–H and O–H groups in total. The van der Waals surface area contributed by atoms with Gasteiger partial charge in [-0.1, -0.05) is 29.8 Å². The second-order valence-electron chi connectivity index (χ2n) is 6.11. The summed E-state index contributed by atoms with van der Waals surface area (Å²) < 4.78 is 39.8. The van der Waals surface area contributed by atoms with Crippen molar-refractivity contribution in [3.05, 3.63) is 66.2 Å². The van der Waals surface area contributed by atoms with Gasteiger partial charge in [0.15, 0.2) is 0 Å². The summed E-state index contributed by atoms with van der Waals surface area (Å²) in [5.41, 5.74) is 2.49. The van der Waals surface area contributed by atoms with Gasteiger partial charge in [0.25, 0.3) is 10.0 Å². The Morgan fingerprint density at radius 1 is 1.07 bits per heavy atom. The number of rotatable bonds is 6. The lowest BCUT2D eigenvalue weighted by Crippen LogP contribution is -2.34. The molecule has 0 amide bonds. The van der Waals surface area contributed by atoms with Gasteiger partial charge in [0.05, 0.1) is 19.1 Å². The Kier molecular flexibility index (Phi) is 6.63. The quantitative estimate of drug-likeness (QED) is 0.428. The lowest BCUT2D eigenvalue weighted by atomic mass is 10.2. The molecular weight excluding hydrogens is 364 g/mol. The molecule has 0 aromatic heterocycles. The molecule has 2 rings (SSSR count). The van der Waals surface area contributed by atoms with E-state index in [1.807, 2.05) is 13.8 Å². The third-order valence-corrected chi connectivity index (χ3v) is 5.01. The van der Waals surface area contributed by atoms with E-state index < -0.39 is 10.0 Å². The van der Waals surface area contributed by atoms with E-state index in [0.29, 0.717) is 18.0 Å². The van der Waals surface area contributed by atoms with Crippen molar-refractivity contribution in [1.29, 1.82) is 0 Å². The Hall–Kier alpha value is -2.80. The smallest absolute Gasteiger partial charge is 0.308 e. The highest BCUT2D eigenvalue weighted by Gasteiger charge is 2.21. The van der Waals surface area contributed by atoms with Gasteiger partial charge in [-0.05, 0) is 50.2 Å². The molecule has 0 saturated heterocycles. The fraction of sp³-hybridized carbons (Fsp3) is 0.250. The van der Waals surface area contributed by atoms with E-state index in [1.165, 1.54) is 19.2 Å². The summed E-state index contributed by atoms with van der Waals surface area (Å²) in [6.45, 7) is 7.99. The lowest BCUT2D eigenvalue weighted by molar-refractivity contribution is 0.392. The summed E-state index contributed by atoms with van der Waals surface area (Å²) in [4.78, 5) is 1.75. The average Bonchev–Trinajstić information content (AvgIpc) is 2.65. The van der Waals surface area contributed by atoms with Crippen LogP contribution in [0.4, 0.5) is 5.69 Å². The van der Waals surface area contributed by atoms with Gasteiger partial charge in [-0.25, -0.2) is 0 Å². The molecule has 0 saturated carbocycles. The maximum absolute atomic E-state index is 12.7. The van der Waals surface area contributed by atoms with E-state index in [2.05, 4.69) is 11.0 Å². The number of methoxy groups -OCH3 is 2. The third kappa shape index (κ3) is 5.34. The summed E-state index contributed by atoms with van der Waals surface area (Å²) in [6.07, 6.45) is 0. The number of hydrogen-bond donors (Lipinski definition) is 0. The van der Waals surface area contributed by atoms with Gasteiger partial charge < -0.3 is 9.47 Å². The van der Waals surface area contributed by atoms with Crippen LogP contribution in [0.15, 0.2) is 70.0 Å². The van der Waals surface area contributed by atoms with Crippen molar-refractivity contribution in [2.24, 2.45) is 4.40 Å². The summed E-state index contributed by atoms with van der Waals surface area (Å²) in [5, 5.41) is 0. The maximum atomic E-state index is 12.7. The summed E-state index contributed by atoms with van der Waals surface area (Å²) in [7, 11) is -0.956. The van der Waals surface area contributed by atoms with Crippen LogP contribution in [-0.4, -0.2) is 35.2 Å². The molecule has 0 aliphatic carbocycles. The van der Waals surface area contributed by atoms with Crippen LogP contribution in [0.5, 0.6) is 5.75 Å². The number of nitrogens with zero attached hydrogens (tertiary/aromatic N) is 2. The zero-order chi connectivity index (χ0) is 20.0. The van der Waals surface area contributed by atoms with Gasteiger partial charge in [0, 0.05) is 12.2 Å². The summed E-state index contributed by atoms with van der Waals surface area (Å²) in [5.74, 6) is 0.692. The summed E-state index contributed by atoms with van der Waals surface area (Å²) >= 11 is 0. The average molecular weight is 388 g/mol. The van der Waals surface area contributed by atoms with Crippen molar-refractivity contribution >= 4 is 21.7 Å². The van der Waals surface area contributed by atoms with Gasteiger partial charge in [-0.3, -0.25) is 4.90 Å². The van der Waals surface area contributed by atoms with Crippen LogP contribution in [0.2, 0.25) is 0 Å². The number of hydrogen-bond acceptors (Lipinski definition) is 4. The van der Waals surface area contributed by atoms with Crippen LogP contribution in [0.25, 0.3) is 0 Å². The normalized spacial score (nSPS) is 11.8. The van der Waals surface area contributed by atoms with Crippen LogP contribution >= 0.6 is 0 Å². The largest absolute Gasteiger partial charge is 0.497 e. The van der Waals surface area contributed by atoms with Crippen molar-refractivity contribution in [3.8, 4) is 5.75 Å². The van der Waals surface area contributed by atoms with E-state index in [1.54, 1.807) is 48.4 Å². The van der Waals surface area contributed by atoms with Crippen molar-refractivity contribution in [2.75, 3.05) is 25.7 Å². The molecule has 0 spiro atoms. The first-order valence-corrected chi connectivity index (χ1v) is 9.72. The molecule has 0 unspecified atom stereocenters. The predicted octanol–water partition coefficient (Wildman–Crippen LogP) is 3.78. The SMILES string of the molecule is C=C(C)CN(/C(=N/S(=O)(=O)c1ccc(C)cc1)OC)c1ccc(OC)cc1. The van der Waals surface area contributed by atoms with Crippen LogP contribution in [-0.2, 0) is 14.8 Å². The highest BCUT2D eigenvalue weighted by Crippen LogP contribution is 2.22. The Labute approximate surface area is 160 Å². The van der Waals surface area contributed by atoms with Crippen molar-refractivity contribution in [3.63, 3.8) is 0 Å². The van der Waals surface area contributed by atoms with Crippen molar-refractivity contribution in [2.45, 2.75) is 18.7 Å². The van der Waals surface area contributed by atoms with Gasteiger partial charge >= 0.3 is 6.02 Å². The van der Waals surface area contributed by atoms with E-state index in [9.17, 15) is 8.42 Å². The van der Waals surface area contributed by atoms with Gasteiger partial charge in [-0.2, -0.15) is 8.42 Å². The Morgan fingerprint density at radius 3 is 2.15 bits per heavy atom. The minimum absolute atomic E-state index is 0.0382. The molecule has 2 aromatic carbocycles. The van der Waals surface area contributed by atoms with E-state index in [4.69, 9.17) is 9.47 Å². The molecular formula is C20H24N2O4S. The number of benzene rings is 2. The molecule has 6 nitrogen and oxygen atoms in total. The number of sulfonamides is 1. The number of anilines is 1. The minimum Gasteiger partial charge on any atom is -0.497 e. The Balaban J connectivity index is 2.47. The maximum Gasteiger partial charge on any atom is 0.308 e. The first kappa shape index (κ1) is 20.5. The minimum atomic E-state index is -3.92. The van der Waals surface area contributed by atoms with Crippen molar-refractivity contribution in [1.82, 2.24) is 0 Å². The zero-order valence-electron chi connectivity index (χ0n) is 16.0. The molecule has 144 valence electrons. The molecule has 2 aromatic rings. The van der Waals surface area contributed by atoms with E-state index in [-0.39, 0.29) is 10.9 Å². The summed E-state index contributed by atoms with van der Waals surface area (Å²) in [6, 6.07) is 13.6. The number of amidine groups is 1. The number of ether oxygens (including phenoxy) is 2. The van der Waals surface area contributed by atoms with Crippen LogP contribution in [0, 0.1) is 6.92 Å². The second-order valence-corrected chi connectivity index (χ2v) is 7.71.